The van der Waals surface area contributed by atoms with Crippen LogP contribution >= 0.6 is 0 Å². The lowest BCUT2D eigenvalue weighted by molar-refractivity contribution is 0.0696. The lowest BCUT2D eigenvalue weighted by atomic mass is 9.81. The fourth-order valence-corrected chi connectivity index (χ4v) is 3.39. The van der Waals surface area contributed by atoms with E-state index in [0.717, 1.165) is 25.8 Å². The smallest absolute Gasteiger partial charge is 0.335 e. The van der Waals surface area contributed by atoms with Crippen LogP contribution in [0.25, 0.3) is 0 Å². The van der Waals surface area contributed by atoms with E-state index in [1.807, 2.05) is 12.1 Å². The van der Waals surface area contributed by atoms with Crippen LogP contribution in [0.15, 0.2) is 18.2 Å². The molecule has 0 spiro atoms. The van der Waals surface area contributed by atoms with Crippen LogP contribution in [0.2, 0.25) is 0 Å². The van der Waals surface area contributed by atoms with Crippen molar-refractivity contribution in [1.29, 1.82) is 0 Å². The van der Waals surface area contributed by atoms with Gasteiger partial charge in [-0.15, -0.1) is 0 Å². The van der Waals surface area contributed by atoms with Gasteiger partial charge in [-0.05, 0) is 60.8 Å². The maximum absolute atomic E-state index is 11.2. The molecule has 0 fully saturated rings. The first-order chi connectivity index (χ1) is 10.0. The van der Waals surface area contributed by atoms with E-state index in [1.54, 1.807) is 6.07 Å². The monoisotopic (exact) mass is 289 g/mol. The second-order valence-corrected chi connectivity index (χ2v) is 6.47. The Kier molecular flexibility index (Phi) is 5.40. The summed E-state index contributed by atoms with van der Waals surface area (Å²) in [5.74, 6) is 0.243. The Morgan fingerprint density at radius 2 is 2.19 bits per heavy atom. The van der Waals surface area contributed by atoms with E-state index in [9.17, 15) is 9.90 Å². The predicted molar refractivity (Wildman–Crippen MR) is 86.0 cm³/mol. The first-order valence-electron chi connectivity index (χ1n) is 8.12. The van der Waals surface area contributed by atoms with Gasteiger partial charge in [0.05, 0.1) is 5.56 Å². The fraction of sp³-hybridized carbons (Fsp3) is 0.611. The van der Waals surface area contributed by atoms with Gasteiger partial charge in [0.1, 0.15) is 0 Å². The lowest BCUT2D eigenvalue weighted by Crippen LogP contribution is -2.36. The number of aromatic carboxylic acids is 1. The molecular weight excluding hydrogens is 262 g/mol. The lowest BCUT2D eigenvalue weighted by Gasteiger charge is -2.29. The normalized spacial score (nSPS) is 19.3. The highest BCUT2D eigenvalue weighted by Crippen LogP contribution is 2.32. The second kappa shape index (κ2) is 7.08. The largest absolute Gasteiger partial charge is 0.478 e. The van der Waals surface area contributed by atoms with Crippen molar-refractivity contribution in [2.24, 2.45) is 5.92 Å². The van der Waals surface area contributed by atoms with E-state index in [0.29, 0.717) is 23.4 Å². The van der Waals surface area contributed by atoms with E-state index in [-0.39, 0.29) is 0 Å². The third-order valence-corrected chi connectivity index (χ3v) is 4.70. The van der Waals surface area contributed by atoms with Crippen molar-refractivity contribution in [1.82, 2.24) is 5.32 Å². The van der Waals surface area contributed by atoms with Gasteiger partial charge in [0.15, 0.2) is 0 Å². The molecule has 2 rings (SSSR count). The number of fused-ring (bicyclic) bond motifs is 1. The zero-order chi connectivity index (χ0) is 15.4. The van der Waals surface area contributed by atoms with Gasteiger partial charge in [-0.1, -0.05) is 26.8 Å². The second-order valence-electron chi connectivity index (χ2n) is 6.47. The molecule has 0 aliphatic heterocycles. The van der Waals surface area contributed by atoms with Gasteiger partial charge in [0.25, 0.3) is 0 Å². The molecule has 3 heteroatoms. The number of aryl methyl sites for hydroxylation is 1. The summed E-state index contributed by atoms with van der Waals surface area (Å²) in [6.07, 6.45) is 4.56. The first kappa shape index (κ1) is 16.0. The van der Waals surface area contributed by atoms with Crippen LogP contribution in [0.4, 0.5) is 0 Å². The minimum atomic E-state index is -0.830. The Morgan fingerprint density at radius 3 is 2.81 bits per heavy atom. The van der Waals surface area contributed by atoms with Crippen LogP contribution in [0.5, 0.6) is 0 Å². The molecule has 1 aromatic rings. The van der Waals surface area contributed by atoms with E-state index >= 15 is 0 Å². The third kappa shape index (κ3) is 3.85. The highest BCUT2D eigenvalue weighted by atomic mass is 16.4. The number of hydrogen-bond donors (Lipinski definition) is 2. The summed E-state index contributed by atoms with van der Waals surface area (Å²) in [5, 5.41) is 12.9. The summed E-state index contributed by atoms with van der Waals surface area (Å²) >= 11 is 0. The molecule has 1 aliphatic carbocycles. The van der Waals surface area contributed by atoms with Gasteiger partial charge in [0.2, 0.25) is 0 Å². The molecule has 2 N–H and O–H groups in total. The molecule has 3 nitrogen and oxygen atoms in total. The average Bonchev–Trinajstić information content (AvgIpc) is 2.47. The quantitative estimate of drug-likeness (QED) is 0.837. The van der Waals surface area contributed by atoms with Crippen molar-refractivity contribution in [2.75, 3.05) is 6.54 Å². The zero-order valence-corrected chi connectivity index (χ0v) is 13.4. The topological polar surface area (TPSA) is 49.3 Å². The van der Waals surface area contributed by atoms with E-state index in [4.69, 9.17) is 0 Å². The molecule has 0 radical (unpaired) electrons. The predicted octanol–water partition coefficient (Wildman–Crippen LogP) is 3.83. The van der Waals surface area contributed by atoms with Crippen LogP contribution in [-0.4, -0.2) is 23.7 Å². The molecule has 0 saturated carbocycles. The highest BCUT2D eigenvalue weighted by molar-refractivity contribution is 5.88. The van der Waals surface area contributed by atoms with Crippen LogP contribution in [0, 0.1) is 5.92 Å². The van der Waals surface area contributed by atoms with Gasteiger partial charge < -0.3 is 10.4 Å². The first-order valence-corrected chi connectivity index (χ1v) is 8.12. The molecule has 21 heavy (non-hydrogen) atoms. The number of carbonyl (C=O) groups is 1. The van der Waals surface area contributed by atoms with Crippen LogP contribution < -0.4 is 5.32 Å². The summed E-state index contributed by atoms with van der Waals surface area (Å²) < 4.78 is 0. The molecule has 0 bridgehead atoms. The van der Waals surface area contributed by atoms with Gasteiger partial charge in [-0.2, -0.15) is 0 Å². The molecule has 0 saturated heterocycles. The number of hydrogen-bond acceptors (Lipinski definition) is 2. The molecule has 1 aliphatic rings. The summed E-state index contributed by atoms with van der Waals surface area (Å²) in [6.45, 7) is 7.67. The summed E-state index contributed by atoms with van der Waals surface area (Å²) in [5.41, 5.74) is 2.99. The standard InChI is InChI=1S/C18H27NO2/c1-4-17(12(2)3)19-11-15-7-5-6-13-8-9-14(18(20)21)10-16(13)15/h8-10,12,15,17,19H,4-7,11H2,1-3H3,(H,20,21). The maximum Gasteiger partial charge on any atom is 0.335 e. The van der Waals surface area contributed by atoms with Crippen molar-refractivity contribution >= 4 is 5.97 Å². The zero-order valence-electron chi connectivity index (χ0n) is 13.4. The Labute approximate surface area is 127 Å². The average molecular weight is 289 g/mol. The van der Waals surface area contributed by atoms with Gasteiger partial charge in [0, 0.05) is 12.6 Å². The number of rotatable bonds is 6. The van der Waals surface area contributed by atoms with Crippen molar-refractivity contribution in [3.63, 3.8) is 0 Å². The maximum atomic E-state index is 11.2. The third-order valence-electron chi connectivity index (χ3n) is 4.70. The molecule has 1 aromatic carbocycles. The molecule has 2 atom stereocenters. The van der Waals surface area contributed by atoms with E-state index < -0.39 is 5.97 Å². The number of carboxylic acids is 1. The Balaban J connectivity index is 2.13. The SMILES string of the molecule is CCC(NCC1CCCc2ccc(C(=O)O)cc21)C(C)C. The molecular formula is C18H27NO2. The molecule has 0 amide bonds. The van der Waals surface area contributed by atoms with Gasteiger partial charge >= 0.3 is 5.97 Å². The van der Waals surface area contributed by atoms with Gasteiger partial charge in [-0.3, -0.25) is 0 Å². The minimum Gasteiger partial charge on any atom is -0.478 e. The molecule has 0 aromatic heterocycles. The van der Waals surface area contributed by atoms with Crippen LogP contribution in [0.1, 0.15) is 67.4 Å². The summed E-state index contributed by atoms with van der Waals surface area (Å²) in [4.78, 5) is 11.2. The van der Waals surface area contributed by atoms with Crippen molar-refractivity contribution in [2.45, 2.75) is 58.4 Å². The molecule has 0 heterocycles. The molecule has 2 unspecified atom stereocenters. The van der Waals surface area contributed by atoms with Crippen LogP contribution in [0.3, 0.4) is 0 Å². The summed E-state index contributed by atoms with van der Waals surface area (Å²) in [6, 6.07) is 6.17. The minimum absolute atomic E-state index is 0.413. The van der Waals surface area contributed by atoms with E-state index in [2.05, 4.69) is 26.1 Å². The van der Waals surface area contributed by atoms with E-state index in [1.165, 1.54) is 17.5 Å². The fourth-order valence-electron chi connectivity index (χ4n) is 3.39. The Bertz CT molecular complexity index is 496. The number of nitrogens with one attached hydrogen (secondary N) is 1. The van der Waals surface area contributed by atoms with Crippen LogP contribution in [-0.2, 0) is 6.42 Å². The summed E-state index contributed by atoms with van der Waals surface area (Å²) in [7, 11) is 0. The Hall–Kier alpha value is -1.35. The Morgan fingerprint density at radius 1 is 1.43 bits per heavy atom. The molecule has 116 valence electrons. The number of benzene rings is 1. The van der Waals surface area contributed by atoms with Crippen molar-refractivity contribution < 1.29 is 9.90 Å². The highest BCUT2D eigenvalue weighted by Gasteiger charge is 2.22. The van der Waals surface area contributed by atoms with Crippen molar-refractivity contribution in [3.05, 3.63) is 34.9 Å². The number of carboxylic acid groups (broad SMARTS) is 1. The van der Waals surface area contributed by atoms with Gasteiger partial charge in [-0.25, -0.2) is 4.79 Å². The van der Waals surface area contributed by atoms with Crippen molar-refractivity contribution in [3.8, 4) is 0 Å².